The lowest BCUT2D eigenvalue weighted by Gasteiger charge is -2.32. The molecule has 2 aliphatic carbocycles. The Morgan fingerprint density at radius 2 is 0.840 bits per heavy atom. The number of ether oxygens (including phenoxy) is 4. The Kier molecular flexibility index (Phi) is 27.2. The number of halogens is 2. The molecule has 538 valence electrons. The van der Waals surface area contributed by atoms with Gasteiger partial charge in [0.2, 0.25) is 5.78 Å². The van der Waals surface area contributed by atoms with Crippen LogP contribution in [0.25, 0.3) is 56.1 Å². The summed E-state index contributed by atoms with van der Waals surface area (Å²) in [4.78, 5) is 59.5. The molecule has 10 rings (SSSR count). The standard InChI is InChI=1S/C37H52BrN5O5Si2.C37H50BrN5O5Si2/c2*1-49(2,3)20-18-47-24-42(25-48-19-21-50(4,5)6)36-32(38)33(27-12-14-28(15-13-27)34(44)37(45)46)41-35-30(23-40-43(35)36)29-16-17-31(39-22-29)26-10-8-7-9-11-26/h7-11,16-17,22-23,27-28,34,44H,12-15,18-21,24-25H2,1-6H3,(H,45,46);7-11,16-17,22-23,27-28H,12-15,18-21,24-25H2,1-6H3,(H,45,46). The van der Waals surface area contributed by atoms with Crippen LogP contribution in [-0.2, 0) is 33.3 Å². The lowest BCUT2D eigenvalue weighted by atomic mass is 9.78. The van der Waals surface area contributed by atoms with E-state index in [1.807, 2.05) is 107 Å². The highest BCUT2D eigenvalue weighted by Crippen LogP contribution is 2.45. The van der Waals surface area contributed by atoms with Gasteiger partial charge in [-0.15, -0.1) is 0 Å². The number of carbonyl (C=O) groups is 3. The zero-order valence-corrected chi connectivity index (χ0v) is 67.5. The van der Waals surface area contributed by atoms with Gasteiger partial charge in [0.1, 0.15) is 26.9 Å². The molecule has 3 N–H and O–H groups in total. The van der Waals surface area contributed by atoms with Crippen molar-refractivity contribution in [1.82, 2.24) is 39.2 Å². The van der Waals surface area contributed by atoms with Crippen LogP contribution >= 0.6 is 31.9 Å². The summed E-state index contributed by atoms with van der Waals surface area (Å²) in [5.74, 6) is -2.29. The Balaban J connectivity index is 0.000000233. The fourth-order valence-electron chi connectivity index (χ4n) is 12.4. The molecule has 6 heterocycles. The Labute approximate surface area is 610 Å². The predicted octanol–water partition coefficient (Wildman–Crippen LogP) is 17.0. The minimum Gasteiger partial charge on any atom is -0.479 e. The summed E-state index contributed by atoms with van der Waals surface area (Å²) < 4.78 is 30.7. The summed E-state index contributed by atoms with van der Waals surface area (Å²) >= 11 is 7.92. The third kappa shape index (κ3) is 21.5. The van der Waals surface area contributed by atoms with Crippen molar-refractivity contribution in [1.29, 1.82) is 0 Å². The van der Waals surface area contributed by atoms with Crippen molar-refractivity contribution in [3.63, 3.8) is 0 Å². The molecule has 8 aromatic rings. The Morgan fingerprint density at radius 3 is 1.15 bits per heavy atom. The number of anilines is 2. The van der Waals surface area contributed by atoms with E-state index in [4.69, 9.17) is 49.1 Å². The molecule has 1 atom stereocenters. The highest BCUT2D eigenvalue weighted by atomic mass is 79.9. The van der Waals surface area contributed by atoms with Gasteiger partial charge in [0.15, 0.2) is 29.0 Å². The number of nitrogens with zero attached hydrogens (tertiary/aromatic N) is 10. The topological polar surface area (TPSA) is 241 Å². The number of carbonyl (C=O) groups excluding carboxylic acids is 1. The second kappa shape index (κ2) is 34.9. The quantitative estimate of drug-likeness (QED) is 0.0154. The van der Waals surface area contributed by atoms with E-state index in [9.17, 15) is 29.7 Å². The van der Waals surface area contributed by atoms with E-state index in [1.165, 1.54) is 0 Å². The highest BCUT2D eigenvalue weighted by Gasteiger charge is 2.37. The Hall–Kier alpha value is -6.18. The van der Waals surface area contributed by atoms with Crippen LogP contribution in [0, 0.1) is 11.8 Å². The summed E-state index contributed by atoms with van der Waals surface area (Å²) in [5.41, 5.74) is 10.5. The van der Waals surface area contributed by atoms with E-state index in [0.29, 0.717) is 116 Å². The molecule has 2 aromatic carbocycles. The van der Waals surface area contributed by atoms with Crippen LogP contribution in [-0.4, -0.2) is 164 Å². The molecule has 0 aliphatic heterocycles. The molecule has 2 aliphatic rings. The number of hydrogen-bond donors (Lipinski definition) is 3. The van der Waals surface area contributed by atoms with E-state index < -0.39 is 62.0 Å². The van der Waals surface area contributed by atoms with Gasteiger partial charge in [-0.1, -0.05) is 151 Å². The SMILES string of the molecule is C[Si](C)(C)CCOCN(COCC[Si](C)(C)C)c1c(Br)c(C2CCC(C(=O)C(=O)O)CC2)nc2c(-c3ccc(-c4ccccc4)nc3)cnn12.C[Si](C)(C)CCOCN(COCC[Si](C)(C)C)c1c(Br)c(C2CCC(C(O)C(=O)O)CC2)nc2c(-c3ccc(-c4ccccc4)nc3)cnn12. The molecule has 1 unspecified atom stereocenters. The van der Waals surface area contributed by atoms with Gasteiger partial charge in [0.05, 0.1) is 44.1 Å². The largest absolute Gasteiger partial charge is 0.479 e. The minimum atomic E-state index is -1.36. The molecule has 26 heteroatoms. The van der Waals surface area contributed by atoms with Crippen molar-refractivity contribution < 1.29 is 48.7 Å². The average molecular weight is 1560 g/mol. The van der Waals surface area contributed by atoms with Crippen molar-refractivity contribution in [2.75, 3.05) is 63.2 Å². The Morgan fingerprint density at radius 1 is 0.490 bits per heavy atom. The van der Waals surface area contributed by atoms with Gasteiger partial charge in [0.25, 0.3) is 0 Å². The maximum atomic E-state index is 12.3. The monoisotopic (exact) mass is 1560 g/mol. The summed E-state index contributed by atoms with van der Waals surface area (Å²) in [6.45, 7) is 32.1. The molecular weight excluding hydrogens is 1460 g/mol. The summed E-state index contributed by atoms with van der Waals surface area (Å²) in [6, 6.07) is 32.5. The maximum Gasteiger partial charge on any atom is 0.372 e. The van der Waals surface area contributed by atoms with Crippen LogP contribution in [0.3, 0.4) is 0 Å². The molecule has 100 heavy (non-hydrogen) atoms. The number of aromatic nitrogens is 8. The second-order valence-corrected chi connectivity index (χ2v) is 55.6. The number of rotatable bonds is 32. The first-order valence-corrected chi connectivity index (χ1v) is 51.5. The lowest BCUT2D eigenvalue weighted by Crippen LogP contribution is -2.34. The van der Waals surface area contributed by atoms with Crippen molar-refractivity contribution in [3.05, 3.63) is 130 Å². The first-order chi connectivity index (χ1) is 47.4. The van der Waals surface area contributed by atoms with Crippen molar-refractivity contribution in [3.8, 4) is 44.8 Å². The fourth-order valence-corrected chi connectivity index (χ4v) is 17.0. The molecule has 6 aromatic heterocycles. The number of carboxylic acids is 2. The summed E-state index contributed by atoms with van der Waals surface area (Å²) in [5, 5.41) is 38.8. The molecule has 0 amide bonds. The molecule has 0 radical (unpaired) electrons. The number of ketones is 1. The van der Waals surface area contributed by atoms with Crippen molar-refractivity contribution >= 4 is 105 Å². The predicted molar refractivity (Wildman–Crippen MR) is 415 cm³/mol. The number of pyridine rings is 2. The van der Waals surface area contributed by atoms with E-state index in [0.717, 1.165) is 101 Å². The number of aliphatic hydroxyl groups excluding tert-OH is 1. The minimum absolute atomic E-state index is 0.0229. The molecular formula is C74H102Br2N10O10Si4. The number of aliphatic hydroxyl groups is 1. The normalized spacial score (nSPS) is 17.2. The third-order valence-corrected chi connectivity index (χ3v) is 26.9. The van der Waals surface area contributed by atoms with Gasteiger partial charge in [-0.2, -0.15) is 19.2 Å². The van der Waals surface area contributed by atoms with Gasteiger partial charge in [-0.3, -0.25) is 14.8 Å². The lowest BCUT2D eigenvalue weighted by molar-refractivity contribution is -0.151. The molecule has 0 bridgehead atoms. The molecule has 2 saturated carbocycles. The van der Waals surface area contributed by atoms with Gasteiger partial charge in [0, 0.05) is 122 Å². The molecule has 0 saturated heterocycles. The molecule has 0 spiro atoms. The van der Waals surface area contributed by atoms with Crippen LogP contribution in [0.4, 0.5) is 11.6 Å². The van der Waals surface area contributed by atoms with Gasteiger partial charge in [-0.05, 0) is 125 Å². The summed E-state index contributed by atoms with van der Waals surface area (Å²) in [6.07, 6.45) is 11.0. The molecule has 2 fully saturated rings. The first kappa shape index (κ1) is 78.0. The number of hydrogen-bond acceptors (Lipinski definition) is 16. The smallest absolute Gasteiger partial charge is 0.372 e. The van der Waals surface area contributed by atoms with Crippen molar-refractivity contribution in [2.45, 2.75) is 172 Å². The van der Waals surface area contributed by atoms with Crippen LogP contribution in [0.15, 0.2) is 119 Å². The highest BCUT2D eigenvalue weighted by molar-refractivity contribution is 9.11. The fraction of sp³-hybridized carbons (Fsp3) is 0.500. The first-order valence-electron chi connectivity index (χ1n) is 35.1. The Bertz CT molecular complexity index is 3960. The van der Waals surface area contributed by atoms with Crippen molar-refractivity contribution in [2.24, 2.45) is 11.8 Å². The van der Waals surface area contributed by atoms with E-state index in [2.05, 4.69) is 132 Å². The third-order valence-electron chi connectivity index (χ3n) is 18.6. The number of Topliss-reactive ketones (excluding diaryl/α,β-unsaturated/α-hetero) is 1. The molecule has 20 nitrogen and oxygen atoms in total. The number of benzene rings is 2. The van der Waals surface area contributed by atoms with Gasteiger partial charge < -0.3 is 44.1 Å². The summed E-state index contributed by atoms with van der Waals surface area (Å²) in [7, 11) is -5.19. The van der Waals surface area contributed by atoms with Gasteiger partial charge in [-0.25, -0.2) is 19.6 Å². The second-order valence-electron chi connectivity index (χ2n) is 31.5. The zero-order chi connectivity index (χ0) is 72.1. The van der Waals surface area contributed by atoms with Crippen LogP contribution in [0.1, 0.15) is 74.6 Å². The number of aliphatic carboxylic acids is 2. The number of fused-ring (bicyclic) bond motifs is 2. The van der Waals surface area contributed by atoms with E-state index >= 15 is 0 Å². The number of carboxylic acid groups (broad SMARTS) is 2. The average Bonchev–Trinajstić information content (AvgIpc) is 1.31. The van der Waals surface area contributed by atoms with Crippen LogP contribution in [0.2, 0.25) is 103 Å². The zero-order valence-electron chi connectivity index (χ0n) is 60.3. The maximum absolute atomic E-state index is 12.3. The van der Waals surface area contributed by atoms with E-state index in [-0.39, 0.29) is 17.8 Å². The van der Waals surface area contributed by atoms with Crippen LogP contribution < -0.4 is 9.80 Å². The van der Waals surface area contributed by atoms with E-state index in [1.54, 1.807) is 0 Å². The van der Waals surface area contributed by atoms with Crippen LogP contribution in [0.5, 0.6) is 0 Å². The van der Waals surface area contributed by atoms with Gasteiger partial charge >= 0.3 is 11.9 Å².